The Morgan fingerprint density at radius 2 is 1.30 bits per heavy atom. The average Bonchev–Trinajstić information content (AvgIpc) is 2.82. The molecular formula is C26H24N2O5. The molecule has 168 valence electrons. The summed E-state index contributed by atoms with van der Waals surface area (Å²) in [6, 6.07) is 23.4. The maximum Gasteiger partial charge on any atom is 0.326 e. The number of carbonyl (C=O) groups excluding carboxylic acids is 3. The first-order chi connectivity index (χ1) is 15.9. The highest BCUT2D eigenvalue weighted by atomic mass is 16.4. The molecule has 3 aromatic carbocycles. The fourth-order valence-electron chi connectivity index (χ4n) is 3.27. The summed E-state index contributed by atoms with van der Waals surface area (Å²) in [5.41, 5.74) is 2.42. The molecule has 0 heterocycles. The Kier molecular flexibility index (Phi) is 8.07. The zero-order chi connectivity index (χ0) is 23.6. The Morgan fingerprint density at radius 3 is 1.91 bits per heavy atom. The lowest BCUT2D eigenvalue weighted by atomic mass is 10.0. The third kappa shape index (κ3) is 7.14. The Bertz CT molecular complexity index is 1110. The zero-order valence-electron chi connectivity index (χ0n) is 17.9. The van der Waals surface area contributed by atoms with E-state index >= 15 is 0 Å². The molecule has 0 saturated heterocycles. The van der Waals surface area contributed by atoms with Crippen LogP contribution in [0.3, 0.4) is 0 Å². The van der Waals surface area contributed by atoms with Crippen molar-refractivity contribution in [2.24, 2.45) is 0 Å². The topological polar surface area (TPSA) is 113 Å². The third-order valence-corrected chi connectivity index (χ3v) is 4.99. The van der Waals surface area contributed by atoms with Crippen LogP contribution in [0.15, 0.2) is 84.9 Å². The molecule has 0 aliphatic heterocycles. The summed E-state index contributed by atoms with van der Waals surface area (Å²) in [6.07, 6.45) is 0.182. The van der Waals surface area contributed by atoms with Crippen LogP contribution in [0.1, 0.15) is 34.3 Å². The van der Waals surface area contributed by atoms with Gasteiger partial charge in [0, 0.05) is 16.8 Å². The van der Waals surface area contributed by atoms with Gasteiger partial charge in [-0.25, -0.2) is 4.79 Å². The maximum absolute atomic E-state index is 12.4. The van der Waals surface area contributed by atoms with Crippen LogP contribution in [0.5, 0.6) is 0 Å². The molecule has 0 spiro atoms. The predicted octanol–water partition coefficient (Wildman–Crippen LogP) is 3.45. The second kappa shape index (κ2) is 11.4. The third-order valence-electron chi connectivity index (χ3n) is 4.99. The van der Waals surface area contributed by atoms with Crippen LogP contribution >= 0.6 is 0 Å². The van der Waals surface area contributed by atoms with Gasteiger partial charge in [-0.3, -0.25) is 14.4 Å². The van der Waals surface area contributed by atoms with Gasteiger partial charge in [-0.2, -0.15) is 0 Å². The van der Waals surface area contributed by atoms with Gasteiger partial charge in [0.2, 0.25) is 11.8 Å². The van der Waals surface area contributed by atoms with E-state index in [-0.39, 0.29) is 12.2 Å². The number of amides is 2. The van der Waals surface area contributed by atoms with Crippen molar-refractivity contribution in [3.8, 4) is 0 Å². The number of ketones is 1. The number of rotatable bonds is 10. The lowest BCUT2D eigenvalue weighted by Gasteiger charge is -2.14. The highest BCUT2D eigenvalue weighted by Crippen LogP contribution is 2.14. The summed E-state index contributed by atoms with van der Waals surface area (Å²) in [4.78, 5) is 48.3. The minimum atomic E-state index is -1.15. The summed E-state index contributed by atoms with van der Waals surface area (Å²) in [5, 5.41) is 14.4. The second-order valence-electron chi connectivity index (χ2n) is 7.48. The Hall–Kier alpha value is -4.26. The van der Waals surface area contributed by atoms with Gasteiger partial charge in [0.1, 0.15) is 12.5 Å². The predicted molar refractivity (Wildman–Crippen MR) is 124 cm³/mol. The van der Waals surface area contributed by atoms with Crippen molar-refractivity contribution in [3.63, 3.8) is 0 Å². The van der Waals surface area contributed by atoms with E-state index in [9.17, 15) is 24.3 Å². The van der Waals surface area contributed by atoms with Gasteiger partial charge in [0.15, 0.2) is 5.78 Å². The highest BCUT2D eigenvalue weighted by molar-refractivity contribution is 6.09. The number of benzene rings is 3. The van der Waals surface area contributed by atoms with E-state index in [0.29, 0.717) is 23.2 Å². The summed E-state index contributed by atoms with van der Waals surface area (Å²) in [7, 11) is 0. The number of aryl methyl sites for hydroxylation is 1. The van der Waals surface area contributed by atoms with Gasteiger partial charge in [-0.1, -0.05) is 60.7 Å². The van der Waals surface area contributed by atoms with E-state index in [2.05, 4.69) is 10.6 Å². The SMILES string of the molecule is O=C(CC(=O)NC(CCc1ccccc1)C(=O)O)Nc1ccc(C(=O)c2ccccc2)cc1. The first-order valence-corrected chi connectivity index (χ1v) is 10.5. The Labute approximate surface area is 191 Å². The van der Waals surface area contributed by atoms with Crippen molar-refractivity contribution in [2.45, 2.75) is 25.3 Å². The maximum atomic E-state index is 12.4. The van der Waals surface area contributed by atoms with E-state index in [4.69, 9.17) is 0 Å². The largest absolute Gasteiger partial charge is 0.480 e. The number of carboxylic acid groups (broad SMARTS) is 1. The van der Waals surface area contributed by atoms with Gasteiger partial charge in [0.25, 0.3) is 0 Å². The lowest BCUT2D eigenvalue weighted by molar-refractivity contribution is -0.142. The summed E-state index contributed by atoms with van der Waals surface area (Å²) < 4.78 is 0. The molecule has 0 aliphatic carbocycles. The number of hydrogen-bond donors (Lipinski definition) is 3. The first kappa shape index (κ1) is 23.4. The number of hydrogen-bond acceptors (Lipinski definition) is 4. The fourth-order valence-corrected chi connectivity index (χ4v) is 3.27. The minimum absolute atomic E-state index is 0.136. The monoisotopic (exact) mass is 444 g/mol. The lowest BCUT2D eigenvalue weighted by Crippen LogP contribution is -2.42. The first-order valence-electron chi connectivity index (χ1n) is 10.5. The van der Waals surface area contributed by atoms with Crippen molar-refractivity contribution in [2.75, 3.05) is 5.32 Å². The molecule has 0 fully saturated rings. The number of carboxylic acids is 1. The van der Waals surface area contributed by atoms with Crippen LogP contribution < -0.4 is 10.6 Å². The number of aliphatic carboxylic acids is 1. The van der Waals surface area contributed by atoms with E-state index in [1.807, 2.05) is 36.4 Å². The van der Waals surface area contributed by atoms with Gasteiger partial charge in [-0.15, -0.1) is 0 Å². The molecule has 3 N–H and O–H groups in total. The van der Waals surface area contributed by atoms with E-state index < -0.39 is 30.2 Å². The number of anilines is 1. The van der Waals surface area contributed by atoms with Crippen LogP contribution in [0, 0.1) is 0 Å². The van der Waals surface area contributed by atoms with Crippen molar-refractivity contribution < 1.29 is 24.3 Å². The summed E-state index contributed by atoms with van der Waals surface area (Å²) >= 11 is 0. The van der Waals surface area contributed by atoms with Crippen molar-refractivity contribution in [1.82, 2.24) is 5.32 Å². The van der Waals surface area contributed by atoms with Crippen LogP contribution in [0.2, 0.25) is 0 Å². The second-order valence-corrected chi connectivity index (χ2v) is 7.48. The smallest absolute Gasteiger partial charge is 0.326 e. The average molecular weight is 444 g/mol. The minimum Gasteiger partial charge on any atom is -0.480 e. The molecule has 0 aromatic heterocycles. The van der Waals surface area contributed by atoms with E-state index in [0.717, 1.165) is 5.56 Å². The highest BCUT2D eigenvalue weighted by Gasteiger charge is 2.21. The van der Waals surface area contributed by atoms with Crippen molar-refractivity contribution >= 4 is 29.3 Å². The normalized spacial score (nSPS) is 11.3. The molecule has 3 rings (SSSR count). The summed E-state index contributed by atoms with van der Waals surface area (Å²) in [6.45, 7) is 0. The molecule has 0 saturated carbocycles. The number of carbonyl (C=O) groups is 4. The van der Waals surface area contributed by atoms with Crippen LogP contribution in [-0.2, 0) is 20.8 Å². The Morgan fingerprint density at radius 1 is 0.727 bits per heavy atom. The molecule has 0 bridgehead atoms. The molecule has 7 heteroatoms. The van der Waals surface area contributed by atoms with Crippen LogP contribution in [-0.4, -0.2) is 34.7 Å². The molecule has 1 atom stereocenters. The molecule has 3 aromatic rings. The van der Waals surface area contributed by atoms with Gasteiger partial charge in [0.05, 0.1) is 0 Å². The quantitative estimate of drug-likeness (QED) is 0.328. The van der Waals surface area contributed by atoms with Crippen LogP contribution in [0.4, 0.5) is 5.69 Å². The molecule has 2 amide bonds. The van der Waals surface area contributed by atoms with Gasteiger partial charge in [-0.05, 0) is 42.7 Å². The van der Waals surface area contributed by atoms with Gasteiger partial charge < -0.3 is 15.7 Å². The van der Waals surface area contributed by atoms with Gasteiger partial charge >= 0.3 is 5.97 Å². The molecule has 0 radical (unpaired) electrons. The molecule has 1 unspecified atom stereocenters. The van der Waals surface area contributed by atoms with Crippen molar-refractivity contribution in [3.05, 3.63) is 102 Å². The fraction of sp³-hybridized carbons (Fsp3) is 0.154. The standard InChI is InChI=1S/C26H24N2O5/c29-23(17-24(30)28-22(26(32)33)16-11-18-7-3-1-4-8-18)27-21-14-12-20(13-15-21)25(31)19-9-5-2-6-10-19/h1-10,12-15,22H,11,16-17H2,(H,27,29)(H,28,30)(H,32,33). The molecule has 0 aliphatic rings. The molecular weight excluding hydrogens is 420 g/mol. The van der Waals surface area contributed by atoms with E-state index in [1.165, 1.54) is 0 Å². The Balaban J connectivity index is 1.50. The van der Waals surface area contributed by atoms with Crippen molar-refractivity contribution in [1.29, 1.82) is 0 Å². The van der Waals surface area contributed by atoms with E-state index in [1.54, 1.807) is 48.5 Å². The molecule has 33 heavy (non-hydrogen) atoms. The number of nitrogens with one attached hydrogen (secondary N) is 2. The van der Waals surface area contributed by atoms with Crippen LogP contribution in [0.25, 0.3) is 0 Å². The summed E-state index contributed by atoms with van der Waals surface area (Å²) in [5.74, 6) is -2.55. The molecule has 7 nitrogen and oxygen atoms in total. The zero-order valence-corrected chi connectivity index (χ0v) is 17.9.